The van der Waals surface area contributed by atoms with Crippen LogP contribution < -0.4 is 15.5 Å². The smallest absolute Gasteiger partial charge is 0.288 e. The maximum Gasteiger partial charge on any atom is 0.288 e. The first kappa shape index (κ1) is 19.1. The topological polar surface area (TPSA) is 83.0 Å². The van der Waals surface area contributed by atoms with E-state index in [4.69, 9.17) is 0 Å². The van der Waals surface area contributed by atoms with Gasteiger partial charge < -0.3 is 15.5 Å². The second kappa shape index (κ2) is 7.91. The van der Waals surface area contributed by atoms with Crippen molar-refractivity contribution >= 4 is 11.7 Å². The zero-order valence-electron chi connectivity index (χ0n) is 15.5. The molecule has 1 amide bonds. The number of aromatic nitrogens is 3. The van der Waals surface area contributed by atoms with Crippen LogP contribution in [0.25, 0.3) is 0 Å². The van der Waals surface area contributed by atoms with E-state index >= 15 is 0 Å². The van der Waals surface area contributed by atoms with Crippen LogP contribution in [0.5, 0.6) is 0 Å². The standard InChI is InChI=1S/C18H22F2N6O/c1-10-11(2)24-16(18(27)21-3)25-17(10)26-5-4-13(9-26)22-8-15-14(20)6-12(19)7-23-15/h6-7,13,22H,4-5,8-9H2,1-3H3,(H,21,27)/t13-/m1/s1. The summed E-state index contributed by atoms with van der Waals surface area (Å²) in [5.41, 5.74) is 1.87. The minimum Gasteiger partial charge on any atom is -0.355 e. The van der Waals surface area contributed by atoms with Crippen LogP contribution in [-0.4, -0.2) is 47.0 Å². The van der Waals surface area contributed by atoms with E-state index in [0.717, 1.165) is 42.3 Å². The number of hydrogen-bond donors (Lipinski definition) is 2. The lowest BCUT2D eigenvalue weighted by Gasteiger charge is -2.21. The van der Waals surface area contributed by atoms with E-state index in [9.17, 15) is 13.6 Å². The molecule has 1 saturated heterocycles. The average Bonchev–Trinajstić information content (AvgIpc) is 3.11. The molecule has 27 heavy (non-hydrogen) atoms. The van der Waals surface area contributed by atoms with E-state index in [1.54, 1.807) is 7.05 Å². The highest BCUT2D eigenvalue weighted by Gasteiger charge is 2.26. The van der Waals surface area contributed by atoms with Gasteiger partial charge in [0.2, 0.25) is 5.82 Å². The van der Waals surface area contributed by atoms with Gasteiger partial charge in [-0.2, -0.15) is 0 Å². The van der Waals surface area contributed by atoms with Crippen molar-refractivity contribution in [3.05, 3.63) is 46.7 Å². The van der Waals surface area contributed by atoms with Crippen LogP contribution >= 0.6 is 0 Å². The summed E-state index contributed by atoms with van der Waals surface area (Å²) in [6.45, 7) is 5.41. The summed E-state index contributed by atoms with van der Waals surface area (Å²) in [6, 6.07) is 0.938. The van der Waals surface area contributed by atoms with Gasteiger partial charge in [-0.15, -0.1) is 0 Å². The van der Waals surface area contributed by atoms with Crippen molar-refractivity contribution in [1.29, 1.82) is 0 Å². The van der Waals surface area contributed by atoms with Gasteiger partial charge in [-0.25, -0.2) is 18.7 Å². The molecule has 0 bridgehead atoms. The molecule has 0 saturated carbocycles. The Morgan fingerprint density at radius 1 is 1.33 bits per heavy atom. The van der Waals surface area contributed by atoms with Gasteiger partial charge in [-0.3, -0.25) is 9.78 Å². The number of hydrogen-bond acceptors (Lipinski definition) is 6. The highest BCUT2D eigenvalue weighted by Crippen LogP contribution is 2.24. The van der Waals surface area contributed by atoms with Gasteiger partial charge in [0.05, 0.1) is 11.9 Å². The number of amides is 1. The van der Waals surface area contributed by atoms with E-state index in [-0.39, 0.29) is 30.0 Å². The molecular weight excluding hydrogens is 354 g/mol. The Morgan fingerprint density at radius 3 is 2.81 bits per heavy atom. The number of halogens is 2. The van der Waals surface area contributed by atoms with E-state index < -0.39 is 11.6 Å². The Bertz CT molecular complexity index is 860. The SMILES string of the molecule is CNC(=O)c1nc(C)c(C)c(N2CC[C@@H](NCc3ncc(F)cc3F)C2)n1. The number of carbonyl (C=O) groups excluding carboxylic acids is 1. The molecule has 0 spiro atoms. The molecular formula is C18H22F2N6O. The summed E-state index contributed by atoms with van der Waals surface area (Å²) in [5.74, 6) is -0.799. The molecule has 9 heteroatoms. The summed E-state index contributed by atoms with van der Waals surface area (Å²) in [6.07, 6.45) is 1.84. The number of anilines is 1. The Morgan fingerprint density at radius 2 is 2.11 bits per heavy atom. The van der Waals surface area contributed by atoms with Crippen LogP contribution in [0.15, 0.2) is 12.3 Å². The maximum atomic E-state index is 13.7. The van der Waals surface area contributed by atoms with Crippen molar-refractivity contribution in [2.75, 3.05) is 25.0 Å². The molecule has 1 fully saturated rings. The van der Waals surface area contributed by atoms with Crippen molar-refractivity contribution in [3.8, 4) is 0 Å². The van der Waals surface area contributed by atoms with Gasteiger partial charge in [-0.1, -0.05) is 0 Å². The molecule has 0 aromatic carbocycles. The molecule has 0 unspecified atom stereocenters. The normalized spacial score (nSPS) is 16.6. The Balaban J connectivity index is 1.69. The van der Waals surface area contributed by atoms with E-state index in [1.165, 1.54) is 0 Å². The highest BCUT2D eigenvalue weighted by atomic mass is 19.1. The van der Waals surface area contributed by atoms with Crippen LogP contribution in [0.3, 0.4) is 0 Å². The summed E-state index contributed by atoms with van der Waals surface area (Å²) < 4.78 is 26.7. The molecule has 144 valence electrons. The van der Waals surface area contributed by atoms with Crippen molar-refractivity contribution < 1.29 is 13.6 Å². The molecule has 3 heterocycles. The van der Waals surface area contributed by atoms with Gasteiger partial charge in [0.25, 0.3) is 5.91 Å². The molecule has 0 radical (unpaired) electrons. The van der Waals surface area contributed by atoms with Crippen molar-refractivity contribution in [2.24, 2.45) is 0 Å². The van der Waals surface area contributed by atoms with Gasteiger partial charge >= 0.3 is 0 Å². The minimum atomic E-state index is -0.690. The minimum absolute atomic E-state index is 0.106. The van der Waals surface area contributed by atoms with Gasteiger partial charge in [0.1, 0.15) is 17.5 Å². The van der Waals surface area contributed by atoms with E-state index in [0.29, 0.717) is 6.54 Å². The van der Waals surface area contributed by atoms with E-state index in [2.05, 4.69) is 30.5 Å². The van der Waals surface area contributed by atoms with Crippen molar-refractivity contribution in [2.45, 2.75) is 32.9 Å². The summed E-state index contributed by atoms with van der Waals surface area (Å²) in [7, 11) is 1.54. The summed E-state index contributed by atoms with van der Waals surface area (Å²) in [5, 5.41) is 5.79. The molecule has 1 atom stereocenters. The van der Waals surface area contributed by atoms with E-state index in [1.807, 2.05) is 13.8 Å². The lowest BCUT2D eigenvalue weighted by Crippen LogP contribution is -2.33. The first-order chi connectivity index (χ1) is 12.9. The number of pyridine rings is 1. The third-order valence-corrected chi connectivity index (χ3v) is 4.72. The number of rotatable bonds is 5. The number of carbonyl (C=O) groups is 1. The monoisotopic (exact) mass is 376 g/mol. The Hall–Kier alpha value is -2.68. The fraction of sp³-hybridized carbons (Fsp3) is 0.444. The lowest BCUT2D eigenvalue weighted by molar-refractivity contribution is 0.0952. The number of nitrogens with zero attached hydrogens (tertiary/aromatic N) is 4. The quantitative estimate of drug-likeness (QED) is 0.823. The first-order valence-corrected chi connectivity index (χ1v) is 8.74. The second-order valence-electron chi connectivity index (χ2n) is 6.55. The summed E-state index contributed by atoms with van der Waals surface area (Å²) in [4.78, 5) is 26.4. The van der Waals surface area contributed by atoms with Crippen molar-refractivity contribution in [1.82, 2.24) is 25.6 Å². The molecule has 7 nitrogen and oxygen atoms in total. The highest BCUT2D eigenvalue weighted by molar-refractivity contribution is 5.90. The fourth-order valence-electron chi connectivity index (χ4n) is 3.07. The fourth-order valence-corrected chi connectivity index (χ4v) is 3.07. The molecule has 0 aliphatic carbocycles. The van der Waals surface area contributed by atoms with Gasteiger partial charge in [0.15, 0.2) is 0 Å². The third-order valence-electron chi connectivity index (χ3n) is 4.72. The zero-order valence-corrected chi connectivity index (χ0v) is 15.5. The molecule has 2 aromatic rings. The zero-order chi connectivity index (χ0) is 19.6. The summed E-state index contributed by atoms with van der Waals surface area (Å²) >= 11 is 0. The molecule has 2 aromatic heterocycles. The molecule has 3 rings (SSSR count). The van der Waals surface area contributed by atoms with Crippen LogP contribution in [0.2, 0.25) is 0 Å². The number of nitrogens with one attached hydrogen (secondary N) is 2. The average molecular weight is 376 g/mol. The van der Waals surface area contributed by atoms with Gasteiger partial charge in [-0.05, 0) is 20.3 Å². The predicted molar refractivity (Wildman–Crippen MR) is 96.5 cm³/mol. The first-order valence-electron chi connectivity index (χ1n) is 8.74. The predicted octanol–water partition coefficient (Wildman–Crippen LogP) is 1.49. The third kappa shape index (κ3) is 4.19. The molecule has 2 N–H and O–H groups in total. The van der Waals surface area contributed by atoms with Crippen LogP contribution in [0, 0.1) is 25.5 Å². The number of aryl methyl sites for hydroxylation is 1. The lowest BCUT2D eigenvalue weighted by atomic mass is 10.2. The van der Waals surface area contributed by atoms with Gasteiger partial charge in [0, 0.05) is 50.0 Å². The molecule has 1 aliphatic rings. The second-order valence-corrected chi connectivity index (χ2v) is 6.55. The maximum absolute atomic E-state index is 13.7. The van der Waals surface area contributed by atoms with Crippen LogP contribution in [-0.2, 0) is 6.54 Å². The van der Waals surface area contributed by atoms with Crippen molar-refractivity contribution in [3.63, 3.8) is 0 Å². The Labute approximate surface area is 156 Å². The Kier molecular flexibility index (Phi) is 5.59. The largest absolute Gasteiger partial charge is 0.355 e. The van der Waals surface area contributed by atoms with Crippen LogP contribution in [0.1, 0.15) is 34.0 Å². The van der Waals surface area contributed by atoms with Crippen LogP contribution in [0.4, 0.5) is 14.6 Å². The molecule has 1 aliphatic heterocycles.